The molecular formula is C50H53N3O3Pt. The van der Waals surface area contributed by atoms with E-state index >= 15 is 0 Å². The zero-order valence-electron chi connectivity index (χ0n) is 37.6. The zero-order chi connectivity index (χ0) is 41.9. The smallest absolute Gasteiger partial charge is 0.513 e. The zero-order valence-corrected chi connectivity index (χ0v) is 37.9. The van der Waals surface area contributed by atoms with Crippen LogP contribution in [0.5, 0.6) is 23.0 Å². The molecule has 4 aromatic carbocycles. The molecule has 0 fully saturated rings. The molecule has 3 aliphatic rings. The van der Waals surface area contributed by atoms with Crippen LogP contribution in [0.4, 0.5) is 0 Å². The average Bonchev–Trinajstić information content (AvgIpc) is 3.68. The van der Waals surface area contributed by atoms with Crippen molar-refractivity contribution in [2.45, 2.75) is 125 Å². The number of aryl methyl sites for hydroxylation is 4. The number of ether oxygens (including phenoxy) is 3. The molecule has 2 atom stereocenters. The molecule has 0 bridgehead atoms. The number of benzene rings is 4. The number of hydrogen-bond donors (Lipinski definition) is 0. The quantitative estimate of drug-likeness (QED) is 0.166. The van der Waals surface area contributed by atoms with E-state index in [1.807, 2.05) is 45.2 Å². The van der Waals surface area contributed by atoms with Crippen LogP contribution >= 0.6 is 0 Å². The van der Waals surface area contributed by atoms with Gasteiger partial charge in [-0.15, -0.1) is 29.3 Å². The number of aromatic nitrogens is 2. The molecule has 2 aromatic heterocycles. The first kappa shape index (κ1) is 36.9. The third-order valence-corrected chi connectivity index (χ3v) is 12.3. The van der Waals surface area contributed by atoms with Gasteiger partial charge in [0.1, 0.15) is 28.4 Å². The van der Waals surface area contributed by atoms with Crippen LogP contribution in [0.2, 0.25) is 0 Å². The third kappa shape index (κ3) is 5.75. The van der Waals surface area contributed by atoms with Crippen LogP contribution in [0.25, 0.3) is 27.6 Å². The Morgan fingerprint density at radius 1 is 0.807 bits per heavy atom. The molecule has 0 saturated carbocycles. The van der Waals surface area contributed by atoms with E-state index in [9.17, 15) is 2.74 Å². The van der Waals surface area contributed by atoms with Crippen LogP contribution in [0.3, 0.4) is 0 Å². The van der Waals surface area contributed by atoms with E-state index in [-0.39, 0.29) is 31.9 Å². The van der Waals surface area contributed by atoms with Crippen LogP contribution < -0.4 is 9.47 Å². The predicted octanol–water partition coefficient (Wildman–Crippen LogP) is 12.5. The maximum Gasteiger partial charge on any atom is 2.00 e. The van der Waals surface area contributed by atoms with Crippen molar-refractivity contribution >= 4 is 27.8 Å². The van der Waals surface area contributed by atoms with Crippen molar-refractivity contribution in [1.82, 2.24) is 9.55 Å². The van der Waals surface area contributed by atoms with Gasteiger partial charge in [0.15, 0.2) is 0 Å². The topological polar surface area (TPSA) is 57.9 Å². The van der Waals surface area contributed by atoms with Crippen molar-refractivity contribution in [3.63, 3.8) is 0 Å². The minimum absolute atomic E-state index is 0. The van der Waals surface area contributed by atoms with E-state index in [4.69, 9.17) is 24.2 Å². The molecule has 7 heteroatoms. The summed E-state index contributed by atoms with van der Waals surface area (Å²) in [7, 11) is 0. The molecule has 0 amide bonds. The van der Waals surface area contributed by atoms with Gasteiger partial charge in [0.2, 0.25) is 0 Å². The van der Waals surface area contributed by atoms with Gasteiger partial charge in [-0.25, -0.2) is 4.98 Å². The minimum atomic E-state index is -1.84. The summed E-state index contributed by atoms with van der Waals surface area (Å²) in [5, 5.41) is 2.19. The van der Waals surface area contributed by atoms with Gasteiger partial charge in [-0.1, -0.05) is 99.1 Å². The second kappa shape index (κ2) is 12.5. The second-order valence-electron chi connectivity index (χ2n) is 19.5. The van der Waals surface area contributed by atoms with Crippen molar-refractivity contribution in [3.8, 4) is 28.7 Å². The summed E-state index contributed by atoms with van der Waals surface area (Å²) in [4.78, 5) is 10.3. The van der Waals surface area contributed by atoms with Gasteiger partial charge in [-0.2, -0.15) is 0 Å². The average molecular weight is 941 g/mol. The third-order valence-electron chi connectivity index (χ3n) is 12.3. The van der Waals surface area contributed by atoms with Crippen LogP contribution in [0, 0.1) is 45.2 Å². The first-order chi connectivity index (χ1) is 26.9. The van der Waals surface area contributed by atoms with E-state index in [1.54, 1.807) is 0 Å². The molecule has 57 heavy (non-hydrogen) atoms. The molecule has 1 aliphatic carbocycles. The molecule has 0 saturated heterocycles. The fraction of sp³-hybridized carbons (Fsp3) is 0.400. The summed E-state index contributed by atoms with van der Waals surface area (Å²) in [6.07, 6.45) is 0.0176. The van der Waals surface area contributed by atoms with Crippen LogP contribution in [-0.2, 0) is 48.5 Å². The number of hydrogen-bond acceptors (Lipinski definition) is 5. The monoisotopic (exact) mass is 940 g/mol. The van der Waals surface area contributed by atoms with Crippen LogP contribution in [-0.4, -0.2) is 21.0 Å². The van der Waals surface area contributed by atoms with Gasteiger partial charge in [-0.3, -0.25) is 4.99 Å². The molecule has 6 nitrogen and oxygen atoms in total. The van der Waals surface area contributed by atoms with E-state index in [0.29, 0.717) is 34.3 Å². The summed E-state index contributed by atoms with van der Waals surface area (Å²) in [6.45, 7) is 29.6. The standard InChI is InChI=1S/C50H53N3O3.Pt/c1-27-15-16-51-44-42(27)36-23-34(47(8,9)10)24-41-43(36)53(44)38-25-39(30(4)19-40(38)55-41)54-35-21-31(20-33(22-35)46(5,6)7)45-52-49(14)37-18-29(3)28(2)17-32(37)26-50(49,56-45)48(11,12)13;/h15-20,22-24H,26H2,1-14H3;/q-2;+2/t49-,50-;/m1./s1/i26D2;. The van der Waals surface area contributed by atoms with Gasteiger partial charge in [0, 0.05) is 48.7 Å². The minimum Gasteiger partial charge on any atom is -0.513 e. The van der Waals surface area contributed by atoms with Gasteiger partial charge in [-0.05, 0) is 95.8 Å². The number of fused-ring (bicyclic) bond motifs is 8. The van der Waals surface area contributed by atoms with Crippen molar-refractivity contribution in [3.05, 3.63) is 117 Å². The van der Waals surface area contributed by atoms with Gasteiger partial charge in [0.05, 0.1) is 5.52 Å². The molecule has 0 unspecified atom stereocenters. The molecule has 2 aliphatic heterocycles. The van der Waals surface area contributed by atoms with E-state index in [1.165, 1.54) is 5.56 Å². The van der Waals surface area contributed by atoms with Crippen LogP contribution in [0.1, 0.15) is 122 Å². The number of rotatable bonds is 3. The van der Waals surface area contributed by atoms with Gasteiger partial charge < -0.3 is 18.8 Å². The largest absolute Gasteiger partial charge is 2.00 e. The van der Waals surface area contributed by atoms with Gasteiger partial charge >= 0.3 is 21.1 Å². The Balaban J connectivity index is 0.00000484. The second-order valence-corrected chi connectivity index (χ2v) is 19.5. The Hall–Kier alpha value is -4.41. The molecular weight excluding hydrogens is 886 g/mol. The Kier molecular flexibility index (Phi) is 8.12. The van der Waals surface area contributed by atoms with Crippen LogP contribution in [0.15, 0.2) is 59.7 Å². The maximum atomic E-state index is 9.76. The summed E-state index contributed by atoms with van der Waals surface area (Å²) < 4.78 is 42.3. The number of aliphatic imine (C=N–C) groups is 1. The summed E-state index contributed by atoms with van der Waals surface area (Å²) in [6, 6.07) is 23.8. The first-order valence-electron chi connectivity index (χ1n) is 20.7. The number of pyridine rings is 1. The Morgan fingerprint density at radius 2 is 1.49 bits per heavy atom. The summed E-state index contributed by atoms with van der Waals surface area (Å²) in [5.41, 5.74) is 7.65. The maximum absolute atomic E-state index is 9.76. The van der Waals surface area contributed by atoms with Crippen molar-refractivity contribution in [1.29, 1.82) is 0 Å². The predicted molar refractivity (Wildman–Crippen MR) is 226 cm³/mol. The molecule has 0 radical (unpaired) electrons. The van der Waals surface area contributed by atoms with E-state index in [0.717, 1.165) is 66.8 Å². The molecule has 0 N–H and O–H groups in total. The SMILES string of the molecule is [2H]C1([2H])c2cc(C)c(C)cc2[C@@]2(C)N=C(c3[c-]c(Oc4[c-]c5c(cc4C)Oc4cc(C(C)(C)C)cc6c7c(C)ccnc7n-5c46)cc(C(C)(C)C)c3)O[C@@]12C(C)(C)C.[Pt+2]. The molecule has 9 rings (SSSR count). The summed E-state index contributed by atoms with van der Waals surface area (Å²) in [5.74, 6) is 2.85. The van der Waals surface area contributed by atoms with Crippen molar-refractivity contribution < 1.29 is 38.0 Å². The Bertz CT molecular complexity index is 2820. The van der Waals surface area contributed by atoms with Gasteiger partial charge in [0.25, 0.3) is 0 Å². The van der Waals surface area contributed by atoms with E-state index in [2.05, 4.69) is 123 Å². The van der Waals surface area contributed by atoms with E-state index < -0.39 is 22.9 Å². The fourth-order valence-corrected chi connectivity index (χ4v) is 8.88. The molecule has 296 valence electrons. The fourth-order valence-electron chi connectivity index (χ4n) is 8.88. The van der Waals surface area contributed by atoms with Crippen molar-refractivity contribution in [2.24, 2.45) is 10.4 Å². The Labute approximate surface area is 355 Å². The summed E-state index contributed by atoms with van der Waals surface area (Å²) >= 11 is 0. The Morgan fingerprint density at radius 3 is 2.18 bits per heavy atom. The first-order valence-corrected chi connectivity index (χ1v) is 19.7. The number of nitrogens with zero attached hydrogens (tertiary/aromatic N) is 3. The molecule has 6 aromatic rings. The normalized spacial score (nSPS) is 21.1. The molecule has 0 spiro atoms. The molecule has 4 heterocycles. The van der Waals surface area contributed by atoms with Crippen molar-refractivity contribution in [2.75, 3.05) is 0 Å².